The van der Waals surface area contributed by atoms with Crippen molar-refractivity contribution in [3.63, 3.8) is 0 Å². The first-order chi connectivity index (χ1) is 14.1. The Hall–Kier alpha value is -2.57. The maximum atomic E-state index is 11.7. The van der Waals surface area contributed by atoms with Gasteiger partial charge in [0.1, 0.15) is 24.2 Å². The highest BCUT2D eigenvalue weighted by Gasteiger charge is 2.20. The second-order valence-corrected chi connectivity index (χ2v) is 7.25. The summed E-state index contributed by atoms with van der Waals surface area (Å²) in [5.74, 6) is 1.65. The zero-order valence-corrected chi connectivity index (χ0v) is 17.2. The number of rotatable bonds is 9. The summed E-state index contributed by atoms with van der Waals surface area (Å²) in [5.41, 5.74) is 1.88. The molecule has 1 aliphatic rings. The fourth-order valence-corrected chi connectivity index (χ4v) is 3.47. The van der Waals surface area contributed by atoms with E-state index in [1.165, 1.54) is 5.69 Å². The van der Waals surface area contributed by atoms with Crippen LogP contribution >= 0.6 is 0 Å². The Labute approximate surface area is 172 Å². The van der Waals surface area contributed by atoms with E-state index >= 15 is 0 Å². The molecule has 156 valence electrons. The smallest absolute Gasteiger partial charge is 0.162 e. The predicted molar refractivity (Wildman–Crippen MR) is 114 cm³/mol. The molecule has 29 heavy (non-hydrogen) atoms. The minimum atomic E-state index is -0.556. The molecular formula is C23H30N2O4. The monoisotopic (exact) mass is 398 g/mol. The van der Waals surface area contributed by atoms with Gasteiger partial charge in [-0.3, -0.25) is 9.69 Å². The third-order valence-corrected chi connectivity index (χ3v) is 5.22. The molecule has 0 radical (unpaired) electrons. The summed E-state index contributed by atoms with van der Waals surface area (Å²) in [6.45, 7) is 6.32. The van der Waals surface area contributed by atoms with Crippen molar-refractivity contribution in [1.82, 2.24) is 4.90 Å². The highest BCUT2D eigenvalue weighted by Crippen LogP contribution is 2.20. The van der Waals surface area contributed by atoms with E-state index in [2.05, 4.69) is 21.9 Å². The van der Waals surface area contributed by atoms with Crippen LogP contribution in [0.5, 0.6) is 11.5 Å². The number of Topliss-reactive ketones (excluding diaryl/α,β-unsaturated/α-hetero) is 1. The number of anilines is 1. The number of methoxy groups -OCH3 is 1. The van der Waals surface area contributed by atoms with Gasteiger partial charge in [-0.1, -0.05) is 6.92 Å². The fraction of sp³-hybridized carbons (Fsp3) is 0.435. The van der Waals surface area contributed by atoms with Crippen molar-refractivity contribution in [2.75, 3.05) is 51.3 Å². The lowest BCUT2D eigenvalue weighted by atomic mass is 10.1. The first-order valence-electron chi connectivity index (χ1n) is 10.1. The van der Waals surface area contributed by atoms with E-state index in [1.807, 2.05) is 19.1 Å². The average molecular weight is 399 g/mol. The first-order valence-corrected chi connectivity index (χ1v) is 10.1. The predicted octanol–water partition coefficient (Wildman–Crippen LogP) is 2.85. The molecule has 1 aliphatic heterocycles. The molecule has 1 N–H and O–H groups in total. The van der Waals surface area contributed by atoms with Crippen LogP contribution in [0.1, 0.15) is 23.7 Å². The van der Waals surface area contributed by atoms with Crippen LogP contribution in [0.25, 0.3) is 0 Å². The van der Waals surface area contributed by atoms with Crippen LogP contribution in [0.3, 0.4) is 0 Å². The van der Waals surface area contributed by atoms with Crippen LogP contribution in [0.4, 0.5) is 5.69 Å². The topological polar surface area (TPSA) is 62.2 Å². The number of piperazine rings is 1. The van der Waals surface area contributed by atoms with Crippen LogP contribution in [0.15, 0.2) is 48.5 Å². The lowest BCUT2D eigenvalue weighted by Gasteiger charge is -2.36. The zero-order chi connectivity index (χ0) is 20.6. The Morgan fingerprint density at radius 2 is 1.62 bits per heavy atom. The van der Waals surface area contributed by atoms with E-state index in [9.17, 15) is 9.90 Å². The van der Waals surface area contributed by atoms with Gasteiger partial charge >= 0.3 is 0 Å². The fourth-order valence-electron chi connectivity index (χ4n) is 3.47. The van der Waals surface area contributed by atoms with E-state index < -0.39 is 6.10 Å². The Bertz CT molecular complexity index is 768. The summed E-state index contributed by atoms with van der Waals surface area (Å²) in [6.07, 6.45) is -0.0653. The van der Waals surface area contributed by atoms with Gasteiger partial charge in [0.15, 0.2) is 5.78 Å². The van der Waals surface area contributed by atoms with Crippen molar-refractivity contribution < 1.29 is 19.4 Å². The summed E-state index contributed by atoms with van der Waals surface area (Å²) in [7, 11) is 1.67. The van der Waals surface area contributed by atoms with Crippen molar-refractivity contribution in [3.8, 4) is 11.5 Å². The molecule has 0 bridgehead atoms. The second-order valence-electron chi connectivity index (χ2n) is 7.25. The van der Waals surface area contributed by atoms with Gasteiger partial charge in [0, 0.05) is 50.4 Å². The van der Waals surface area contributed by atoms with E-state index in [0.29, 0.717) is 24.3 Å². The maximum Gasteiger partial charge on any atom is 0.162 e. The normalized spacial score (nSPS) is 15.8. The minimum Gasteiger partial charge on any atom is -0.497 e. The van der Waals surface area contributed by atoms with Crippen LogP contribution < -0.4 is 14.4 Å². The number of carbonyl (C=O) groups is 1. The number of nitrogens with zero attached hydrogens (tertiary/aromatic N) is 2. The quantitative estimate of drug-likeness (QED) is 0.656. The van der Waals surface area contributed by atoms with Gasteiger partial charge in [-0.25, -0.2) is 0 Å². The number of aliphatic hydroxyl groups is 1. The van der Waals surface area contributed by atoms with Crippen LogP contribution in [-0.4, -0.2) is 68.3 Å². The molecule has 6 nitrogen and oxygen atoms in total. The lowest BCUT2D eigenvalue weighted by Crippen LogP contribution is -2.49. The SMILES string of the molecule is CCC(=O)c1ccc(OC[C@H](O)CN2CCN(c3ccc(OC)cc3)CC2)cc1. The molecule has 0 saturated carbocycles. The number of benzene rings is 2. The van der Waals surface area contributed by atoms with Gasteiger partial charge in [-0.05, 0) is 48.5 Å². The van der Waals surface area contributed by atoms with Gasteiger partial charge in [0.05, 0.1) is 7.11 Å². The van der Waals surface area contributed by atoms with E-state index in [1.54, 1.807) is 31.4 Å². The number of β-amino-alcohol motifs (C(OH)–C–C–N with tert-alkyl or cyclic N) is 1. The summed E-state index contributed by atoms with van der Waals surface area (Å²) in [5, 5.41) is 10.3. The van der Waals surface area contributed by atoms with Crippen molar-refractivity contribution >= 4 is 11.5 Å². The number of carbonyl (C=O) groups excluding carboxylic acids is 1. The largest absolute Gasteiger partial charge is 0.497 e. The lowest BCUT2D eigenvalue weighted by molar-refractivity contribution is 0.0663. The van der Waals surface area contributed by atoms with Gasteiger partial charge in [0.2, 0.25) is 0 Å². The number of ketones is 1. The summed E-state index contributed by atoms with van der Waals surface area (Å²) in [4.78, 5) is 16.3. The number of ether oxygens (including phenoxy) is 2. The number of hydrogen-bond donors (Lipinski definition) is 1. The first kappa shape index (κ1) is 21.1. The van der Waals surface area contributed by atoms with Crippen molar-refractivity contribution in [1.29, 1.82) is 0 Å². The molecule has 1 heterocycles. The Kier molecular flexibility index (Phi) is 7.49. The van der Waals surface area contributed by atoms with Crippen LogP contribution in [-0.2, 0) is 0 Å². The second kappa shape index (κ2) is 10.3. The molecule has 1 saturated heterocycles. The standard InChI is InChI=1S/C23H30N2O4/c1-3-23(27)18-4-8-22(9-5-18)29-17-20(26)16-24-12-14-25(15-13-24)19-6-10-21(28-2)11-7-19/h4-11,20,26H,3,12-17H2,1-2H3/t20-/m1/s1. The third-order valence-electron chi connectivity index (χ3n) is 5.22. The van der Waals surface area contributed by atoms with Crippen molar-refractivity contribution in [2.24, 2.45) is 0 Å². The molecule has 0 aliphatic carbocycles. The maximum absolute atomic E-state index is 11.7. The molecule has 6 heteroatoms. The highest BCUT2D eigenvalue weighted by atomic mass is 16.5. The zero-order valence-electron chi connectivity index (χ0n) is 17.2. The number of aliphatic hydroxyl groups excluding tert-OH is 1. The van der Waals surface area contributed by atoms with Gasteiger partial charge in [0.25, 0.3) is 0 Å². The van der Waals surface area contributed by atoms with Crippen LogP contribution in [0, 0.1) is 0 Å². The van der Waals surface area contributed by atoms with Gasteiger partial charge in [-0.15, -0.1) is 0 Å². The third kappa shape index (κ3) is 5.95. The molecular weight excluding hydrogens is 368 g/mol. The van der Waals surface area contributed by atoms with Crippen LogP contribution in [0.2, 0.25) is 0 Å². The van der Waals surface area contributed by atoms with Gasteiger partial charge < -0.3 is 19.5 Å². The number of hydrogen-bond acceptors (Lipinski definition) is 6. The molecule has 2 aromatic rings. The minimum absolute atomic E-state index is 0.116. The van der Waals surface area contributed by atoms with Crippen molar-refractivity contribution in [2.45, 2.75) is 19.4 Å². The Balaban J connectivity index is 1.40. The van der Waals surface area contributed by atoms with E-state index in [4.69, 9.17) is 9.47 Å². The molecule has 0 spiro atoms. The molecule has 0 amide bonds. The van der Waals surface area contributed by atoms with Gasteiger partial charge in [-0.2, -0.15) is 0 Å². The van der Waals surface area contributed by atoms with E-state index in [0.717, 1.165) is 31.9 Å². The molecule has 0 unspecified atom stereocenters. The Morgan fingerprint density at radius 1 is 1.00 bits per heavy atom. The molecule has 1 atom stereocenters. The Morgan fingerprint density at radius 3 is 2.21 bits per heavy atom. The summed E-state index contributed by atoms with van der Waals surface area (Å²) < 4.78 is 10.9. The summed E-state index contributed by atoms with van der Waals surface area (Å²) in [6, 6.07) is 15.2. The summed E-state index contributed by atoms with van der Waals surface area (Å²) >= 11 is 0. The van der Waals surface area contributed by atoms with Crippen molar-refractivity contribution in [3.05, 3.63) is 54.1 Å². The molecule has 1 fully saturated rings. The molecule has 3 rings (SSSR count). The molecule has 2 aromatic carbocycles. The van der Waals surface area contributed by atoms with E-state index in [-0.39, 0.29) is 12.4 Å². The molecule has 0 aromatic heterocycles. The highest BCUT2D eigenvalue weighted by molar-refractivity contribution is 5.95. The average Bonchev–Trinajstić information content (AvgIpc) is 2.78.